The number of esters is 1. The van der Waals surface area contributed by atoms with Crippen LogP contribution >= 0.6 is 15.9 Å². The van der Waals surface area contributed by atoms with Crippen LogP contribution in [0.25, 0.3) is 0 Å². The fraction of sp³-hybridized carbons (Fsp3) is 0.222. The minimum Gasteiger partial charge on any atom is -0.493 e. The van der Waals surface area contributed by atoms with Gasteiger partial charge < -0.3 is 24.3 Å². The average molecular weight is 424 g/mol. The smallest absolute Gasteiger partial charge is 0.340 e. The first-order valence-electron chi connectivity index (χ1n) is 7.51. The lowest BCUT2D eigenvalue weighted by molar-refractivity contribution is -0.118. The van der Waals surface area contributed by atoms with E-state index in [1.807, 2.05) is 0 Å². The van der Waals surface area contributed by atoms with E-state index in [4.69, 9.17) is 18.9 Å². The standard InChI is InChI=1S/C18H18BrNO6/c1-23-15-8-13(18(22)25-3)14(9-16(15)24-2)20-17(21)10-26-12-6-4-11(19)5-7-12/h4-9H,10H2,1-3H3,(H,20,21). The number of carbonyl (C=O) groups excluding carboxylic acids is 2. The van der Waals surface area contributed by atoms with Gasteiger partial charge in [-0.1, -0.05) is 15.9 Å². The van der Waals surface area contributed by atoms with Gasteiger partial charge in [-0.25, -0.2) is 4.79 Å². The van der Waals surface area contributed by atoms with Crippen molar-refractivity contribution in [2.24, 2.45) is 0 Å². The van der Waals surface area contributed by atoms with Crippen molar-refractivity contribution in [1.82, 2.24) is 0 Å². The number of hydrogen-bond donors (Lipinski definition) is 1. The predicted octanol–water partition coefficient (Wildman–Crippen LogP) is 3.27. The van der Waals surface area contributed by atoms with Crippen molar-refractivity contribution in [3.05, 3.63) is 46.4 Å². The molecule has 0 atom stereocenters. The Balaban J connectivity index is 2.16. The summed E-state index contributed by atoms with van der Waals surface area (Å²) in [5.74, 6) is 0.200. The summed E-state index contributed by atoms with van der Waals surface area (Å²) in [5.41, 5.74) is 0.376. The molecule has 0 saturated carbocycles. The molecule has 1 N–H and O–H groups in total. The molecule has 1 amide bonds. The number of nitrogens with one attached hydrogen (secondary N) is 1. The van der Waals surface area contributed by atoms with Gasteiger partial charge in [0.1, 0.15) is 5.75 Å². The molecule has 0 radical (unpaired) electrons. The van der Waals surface area contributed by atoms with E-state index in [2.05, 4.69) is 21.2 Å². The van der Waals surface area contributed by atoms with E-state index in [0.29, 0.717) is 17.2 Å². The Labute approximate surface area is 159 Å². The van der Waals surface area contributed by atoms with Crippen LogP contribution in [-0.2, 0) is 9.53 Å². The fourth-order valence-corrected chi connectivity index (χ4v) is 2.39. The molecule has 8 heteroatoms. The van der Waals surface area contributed by atoms with E-state index in [9.17, 15) is 9.59 Å². The molecule has 0 bridgehead atoms. The predicted molar refractivity (Wildman–Crippen MR) is 99.2 cm³/mol. The van der Waals surface area contributed by atoms with Crippen LogP contribution in [0, 0.1) is 0 Å². The van der Waals surface area contributed by atoms with Gasteiger partial charge in [0.05, 0.1) is 32.6 Å². The summed E-state index contributed by atoms with van der Waals surface area (Å²) < 4.78 is 21.4. The minimum absolute atomic E-state index is 0.141. The van der Waals surface area contributed by atoms with E-state index in [1.54, 1.807) is 24.3 Å². The molecule has 26 heavy (non-hydrogen) atoms. The van der Waals surface area contributed by atoms with Gasteiger partial charge >= 0.3 is 5.97 Å². The first kappa shape index (κ1) is 19.6. The van der Waals surface area contributed by atoms with E-state index in [0.717, 1.165) is 4.47 Å². The van der Waals surface area contributed by atoms with Crippen LogP contribution in [0.5, 0.6) is 17.2 Å². The third kappa shape index (κ3) is 4.89. The third-order valence-corrected chi connectivity index (χ3v) is 3.92. The van der Waals surface area contributed by atoms with Gasteiger partial charge in [0.25, 0.3) is 5.91 Å². The molecule has 0 fully saturated rings. The molecule has 2 rings (SSSR count). The Morgan fingerprint density at radius 1 is 1.00 bits per heavy atom. The number of rotatable bonds is 7. The second-order valence-corrected chi connectivity index (χ2v) is 5.95. The summed E-state index contributed by atoms with van der Waals surface area (Å²) in [7, 11) is 4.16. The maximum absolute atomic E-state index is 12.2. The summed E-state index contributed by atoms with van der Waals surface area (Å²) in [6.45, 7) is -0.226. The first-order valence-corrected chi connectivity index (χ1v) is 8.30. The van der Waals surface area contributed by atoms with E-state index in [-0.39, 0.29) is 17.9 Å². The topological polar surface area (TPSA) is 83.1 Å². The fourth-order valence-electron chi connectivity index (χ4n) is 2.13. The van der Waals surface area contributed by atoms with E-state index in [1.165, 1.54) is 33.5 Å². The molecule has 2 aromatic rings. The Kier molecular flexibility index (Phi) is 6.85. The molecule has 0 unspecified atom stereocenters. The molecule has 0 aliphatic heterocycles. The third-order valence-electron chi connectivity index (χ3n) is 3.39. The van der Waals surface area contributed by atoms with Crippen LogP contribution in [0.1, 0.15) is 10.4 Å². The highest BCUT2D eigenvalue weighted by molar-refractivity contribution is 9.10. The number of amides is 1. The van der Waals surface area contributed by atoms with Crippen LogP contribution in [0.15, 0.2) is 40.9 Å². The SMILES string of the molecule is COC(=O)c1cc(OC)c(OC)cc1NC(=O)COc1ccc(Br)cc1. The second-order valence-electron chi connectivity index (χ2n) is 5.04. The van der Waals surface area contributed by atoms with Crippen molar-refractivity contribution >= 4 is 33.5 Å². The molecule has 0 aliphatic rings. The molecule has 0 saturated heterocycles. The number of benzene rings is 2. The maximum atomic E-state index is 12.2. The number of ether oxygens (including phenoxy) is 4. The van der Waals surface area contributed by atoms with Gasteiger partial charge in [0, 0.05) is 16.6 Å². The van der Waals surface area contributed by atoms with Gasteiger partial charge in [-0.3, -0.25) is 4.79 Å². The number of hydrogen-bond acceptors (Lipinski definition) is 6. The molecule has 0 heterocycles. The summed E-state index contributed by atoms with van der Waals surface area (Å²) in [4.78, 5) is 24.2. The Morgan fingerprint density at radius 3 is 2.19 bits per heavy atom. The van der Waals surface area contributed by atoms with Crippen LogP contribution in [0.3, 0.4) is 0 Å². The highest BCUT2D eigenvalue weighted by Crippen LogP contribution is 2.33. The van der Waals surface area contributed by atoms with E-state index >= 15 is 0 Å². The van der Waals surface area contributed by atoms with Crippen LogP contribution in [0.2, 0.25) is 0 Å². The first-order chi connectivity index (χ1) is 12.5. The molecule has 2 aromatic carbocycles. The van der Waals surface area contributed by atoms with Gasteiger partial charge in [-0.2, -0.15) is 0 Å². The van der Waals surface area contributed by atoms with Crippen molar-refractivity contribution in [3.63, 3.8) is 0 Å². The van der Waals surface area contributed by atoms with Crippen molar-refractivity contribution < 1.29 is 28.5 Å². The minimum atomic E-state index is -0.616. The zero-order valence-electron chi connectivity index (χ0n) is 14.5. The number of carbonyl (C=O) groups is 2. The van der Waals surface area contributed by atoms with Gasteiger partial charge in [-0.15, -0.1) is 0 Å². The molecular formula is C18H18BrNO6. The molecule has 0 spiro atoms. The summed E-state index contributed by atoms with van der Waals surface area (Å²) >= 11 is 3.32. The van der Waals surface area contributed by atoms with Gasteiger partial charge in [0.15, 0.2) is 18.1 Å². The average Bonchev–Trinajstić information content (AvgIpc) is 2.66. The highest BCUT2D eigenvalue weighted by atomic mass is 79.9. The Bertz CT molecular complexity index is 791. The Morgan fingerprint density at radius 2 is 1.62 bits per heavy atom. The van der Waals surface area contributed by atoms with Gasteiger partial charge in [0.2, 0.25) is 0 Å². The largest absolute Gasteiger partial charge is 0.493 e. The van der Waals surface area contributed by atoms with Crippen molar-refractivity contribution in [1.29, 1.82) is 0 Å². The highest BCUT2D eigenvalue weighted by Gasteiger charge is 2.19. The summed E-state index contributed by atoms with van der Waals surface area (Å²) in [6, 6.07) is 9.99. The molecule has 0 aliphatic carbocycles. The molecule has 0 aromatic heterocycles. The summed E-state index contributed by atoms with van der Waals surface area (Å²) in [5, 5.41) is 2.62. The molecule has 138 valence electrons. The monoisotopic (exact) mass is 423 g/mol. The van der Waals surface area contributed by atoms with Crippen LogP contribution in [-0.4, -0.2) is 39.8 Å². The zero-order valence-corrected chi connectivity index (χ0v) is 16.1. The summed E-state index contributed by atoms with van der Waals surface area (Å²) in [6.07, 6.45) is 0. The second kappa shape index (κ2) is 9.10. The zero-order chi connectivity index (χ0) is 19.1. The number of halogens is 1. The molecular weight excluding hydrogens is 406 g/mol. The van der Waals surface area contributed by atoms with Gasteiger partial charge in [-0.05, 0) is 24.3 Å². The number of anilines is 1. The number of methoxy groups -OCH3 is 3. The van der Waals surface area contributed by atoms with Crippen LogP contribution in [0.4, 0.5) is 5.69 Å². The normalized spacial score (nSPS) is 10.0. The lowest BCUT2D eigenvalue weighted by Gasteiger charge is -2.15. The van der Waals surface area contributed by atoms with E-state index < -0.39 is 11.9 Å². The van der Waals surface area contributed by atoms with Crippen molar-refractivity contribution in [2.45, 2.75) is 0 Å². The Hall–Kier alpha value is -2.74. The van der Waals surface area contributed by atoms with Crippen molar-refractivity contribution in [2.75, 3.05) is 33.3 Å². The van der Waals surface area contributed by atoms with Crippen LogP contribution < -0.4 is 19.5 Å². The quantitative estimate of drug-likeness (QED) is 0.688. The molecule has 7 nitrogen and oxygen atoms in total. The lowest BCUT2D eigenvalue weighted by atomic mass is 10.1. The lowest BCUT2D eigenvalue weighted by Crippen LogP contribution is -2.22. The maximum Gasteiger partial charge on any atom is 0.340 e. The van der Waals surface area contributed by atoms with Crippen molar-refractivity contribution in [3.8, 4) is 17.2 Å².